The maximum Gasteiger partial charge on any atom is 0.117 e. The Bertz CT molecular complexity index is 439. The van der Waals surface area contributed by atoms with Gasteiger partial charge in [0.15, 0.2) is 0 Å². The third-order valence-corrected chi connectivity index (χ3v) is 3.17. The maximum atomic E-state index is 5.27. The molecule has 1 aromatic heterocycles. The first kappa shape index (κ1) is 13.8. The molecule has 3 nitrogen and oxygen atoms in total. The summed E-state index contributed by atoms with van der Waals surface area (Å²) >= 11 is 0. The molecule has 0 spiro atoms. The second-order valence-corrected chi connectivity index (χ2v) is 4.80. The summed E-state index contributed by atoms with van der Waals surface area (Å²) in [4.78, 5) is 2.35. The van der Waals surface area contributed by atoms with Crippen molar-refractivity contribution in [3.05, 3.63) is 60.1 Å². The van der Waals surface area contributed by atoms with Crippen LogP contribution >= 0.6 is 0 Å². The molecule has 0 unspecified atom stereocenters. The zero-order valence-electron chi connectivity index (χ0n) is 11.5. The van der Waals surface area contributed by atoms with Crippen molar-refractivity contribution in [2.75, 3.05) is 26.7 Å². The molecule has 0 radical (unpaired) electrons. The molecule has 3 heteroatoms. The van der Waals surface area contributed by atoms with Crippen LogP contribution in [0, 0.1) is 0 Å². The average molecular weight is 258 g/mol. The van der Waals surface area contributed by atoms with Gasteiger partial charge in [0.1, 0.15) is 5.76 Å². The molecule has 1 heterocycles. The standard InChI is InChI=1S/C16H22N2O/c1-18(11-9-15-6-3-2-4-7-15)12-10-17-14-16-8-5-13-19-16/h2-8,13,17H,9-12,14H2,1H3. The molecule has 0 atom stereocenters. The highest BCUT2D eigenvalue weighted by Gasteiger charge is 2.00. The summed E-state index contributed by atoms with van der Waals surface area (Å²) in [7, 11) is 2.16. The molecule has 0 fully saturated rings. The summed E-state index contributed by atoms with van der Waals surface area (Å²) in [6.45, 7) is 3.92. The minimum atomic E-state index is 0.805. The van der Waals surface area contributed by atoms with Crippen molar-refractivity contribution < 1.29 is 4.42 Å². The molecule has 19 heavy (non-hydrogen) atoms. The fraction of sp³-hybridized carbons (Fsp3) is 0.375. The molecule has 2 rings (SSSR count). The van der Waals surface area contributed by atoms with Gasteiger partial charge in [-0.3, -0.25) is 0 Å². The van der Waals surface area contributed by atoms with Crippen LogP contribution < -0.4 is 5.32 Å². The highest BCUT2D eigenvalue weighted by atomic mass is 16.3. The summed E-state index contributed by atoms with van der Waals surface area (Å²) < 4.78 is 5.27. The highest BCUT2D eigenvalue weighted by Crippen LogP contribution is 2.00. The first-order valence-electron chi connectivity index (χ1n) is 6.80. The third-order valence-electron chi connectivity index (χ3n) is 3.17. The molecule has 0 saturated carbocycles. The Kier molecular flexibility index (Phi) is 5.66. The number of benzene rings is 1. The summed E-state index contributed by atoms with van der Waals surface area (Å²) in [6.07, 6.45) is 2.82. The third kappa shape index (κ3) is 5.28. The monoisotopic (exact) mass is 258 g/mol. The van der Waals surface area contributed by atoms with E-state index < -0.39 is 0 Å². The van der Waals surface area contributed by atoms with Crippen LogP contribution in [0.4, 0.5) is 0 Å². The zero-order valence-corrected chi connectivity index (χ0v) is 11.5. The van der Waals surface area contributed by atoms with Gasteiger partial charge in [-0.25, -0.2) is 0 Å². The van der Waals surface area contributed by atoms with Gasteiger partial charge in [0.25, 0.3) is 0 Å². The van der Waals surface area contributed by atoms with Gasteiger partial charge in [-0.2, -0.15) is 0 Å². The van der Waals surface area contributed by atoms with Crippen molar-refractivity contribution in [1.82, 2.24) is 10.2 Å². The van der Waals surface area contributed by atoms with Gasteiger partial charge in [0, 0.05) is 19.6 Å². The van der Waals surface area contributed by atoms with Crippen molar-refractivity contribution in [3.63, 3.8) is 0 Å². The van der Waals surface area contributed by atoms with Gasteiger partial charge in [-0.05, 0) is 31.2 Å². The van der Waals surface area contributed by atoms with E-state index in [1.165, 1.54) is 5.56 Å². The van der Waals surface area contributed by atoms with Gasteiger partial charge >= 0.3 is 0 Å². The Morgan fingerprint density at radius 3 is 2.63 bits per heavy atom. The van der Waals surface area contributed by atoms with Gasteiger partial charge in [0.05, 0.1) is 12.8 Å². The van der Waals surface area contributed by atoms with Crippen molar-refractivity contribution in [2.45, 2.75) is 13.0 Å². The molecule has 2 aromatic rings. The fourth-order valence-corrected chi connectivity index (χ4v) is 1.97. The summed E-state index contributed by atoms with van der Waals surface area (Å²) in [5.74, 6) is 0.993. The molecule has 102 valence electrons. The first-order valence-corrected chi connectivity index (χ1v) is 6.80. The predicted octanol–water partition coefficient (Wildman–Crippen LogP) is 2.54. The van der Waals surface area contributed by atoms with Crippen LogP contribution in [-0.4, -0.2) is 31.6 Å². The van der Waals surface area contributed by atoms with Crippen LogP contribution in [0.15, 0.2) is 53.1 Å². The number of furan rings is 1. The molecule has 1 aromatic carbocycles. The average Bonchev–Trinajstić information content (AvgIpc) is 2.96. The van der Waals surface area contributed by atoms with Crippen LogP contribution in [-0.2, 0) is 13.0 Å². The lowest BCUT2D eigenvalue weighted by Crippen LogP contribution is -2.30. The summed E-state index contributed by atoms with van der Waals surface area (Å²) in [5.41, 5.74) is 1.40. The number of likely N-dealkylation sites (N-methyl/N-ethyl adjacent to an activating group) is 1. The van der Waals surface area contributed by atoms with Gasteiger partial charge < -0.3 is 14.6 Å². The van der Waals surface area contributed by atoms with Crippen LogP contribution in [0.5, 0.6) is 0 Å². The van der Waals surface area contributed by atoms with Gasteiger partial charge in [-0.15, -0.1) is 0 Å². The number of nitrogens with one attached hydrogen (secondary N) is 1. The lowest BCUT2D eigenvalue weighted by Gasteiger charge is -2.16. The van der Waals surface area contributed by atoms with E-state index in [9.17, 15) is 0 Å². The second-order valence-electron chi connectivity index (χ2n) is 4.80. The minimum Gasteiger partial charge on any atom is -0.468 e. The molecule has 0 aliphatic rings. The lowest BCUT2D eigenvalue weighted by atomic mass is 10.1. The SMILES string of the molecule is CN(CCNCc1ccco1)CCc1ccccc1. The van der Waals surface area contributed by atoms with Crippen molar-refractivity contribution in [2.24, 2.45) is 0 Å². The first-order chi connectivity index (χ1) is 9.34. The van der Waals surface area contributed by atoms with E-state index in [2.05, 4.69) is 47.6 Å². The highest BCUT2D eigenvalue weighted by molar-refractivity contribution is 5.14. The number of nitrogens with zero attached hydrogens (tertiary/aromatic N) is 1. The maximum absolute atomic E-state index is 5.27. The van der Waals surface area contributed by atoms with E-state index in [4.69, 9.17) is 4.42 Å². The van der Waals surface area contributed by atoms with Gasteiger partial charge in [-0.1, -0.05) is 30.3 Å². The Morgan fingerprint density at radius 2 is 1.89 bits per heavy atom. The molecule has 0 aliphatic carbocycles. The van der Waals surface area contributed by atoms with E-state index in [1.807, 2.05) is 12.1 Å². The Hall–Kier alpha value is -1.58. The van der Waals surface area contributed by atoms with E-state index in [1.54, 1.807) is 6.26 Å². The Labute approximate surface area is 115 Å². The molecular weight excluding hydrogens is 236 g/mol. The van der Waals surface area contributed by atoms with Crippen molar-refractivity contribution >= 4 is 0 Å². The summed E-state index contributed by atoms with van der Waals surface area (Å²) in [5, 5.41) is 3.38. The van der Waals surface area contributed by atoms with Crippen molar-refractivity contribution in [1.29, 1.82) is 0 Å². The van der Waals surface area contributed by atoms with Crippen LogP contribution in [0.3, 0.4) is 0 Å². The van der Waals surface area contributed by atoms with E-state index in [0.717, 1.165) is 38.4 Å². The van der Waals surface area contributed by atoms with E-state index in [-0.39, 0.29) is 0 Å². The molecule has 1 N–H and O–H groups in total. The topological polar surface area (TPSA) is 28.4 Å². The van der Waals surface area contributed by atoms with Crippen molar-refractivity contribution in [3.8, 4) is 0 Å². The van der Waals surface area contributed by atoms with Crippen LogP contribution in [0.2, 0.25) is 0 Å². The lowest BCUT2D eigenvalue weighted by molar-refractivity contribution is 0.332. The molecule has 0 amide bonds. The quantitative estimate of drug-likeness (QED) is 0.738. The Balaban J connectivity index is 1.56. The minimum absolute atomic E-state index is 0.805. The van der Waals surface area contributed by atoms with Crippen LogP contribution in [0.1, 0.15) is 11.3 Å². The van der Waals surface area contributed by atoms with Crippen LogP contribution in [0.25, 0.3) is 0 Å². The van der Waals surface area contributed by atoms with E-state index >= 15 is 0 Å². The van der Waals surface area contributed by atoms with E-state index in [0.29, 0.717) is 0 Å². The summed E-state index contributed by atoms with van der Waals surface area (Å²) in [6, 6.07) is 14.5. The largest absolute Gasteiger partial charge is 0.468 e. The van der Waals surface area contributed by atoms with Gasteiger partial charge in [0.2, 0.25) is 0 Å². The predicted molar refractivity (Wildman–Crippen MR) is 78.1 cm³/mol. The zero-order chi connectivity index (χ0) is 13.3. The fourth-order valence-electron chi connectivity index (χ4n) is 1.97. The molecular formula is C16H22N2O. The second kappa shape index (κ2) is 7.77. The molecule has 0 saturated heterocycles. The normalized spacial score (nSPS) is 11.1. The molecule has 0 bridgehead atoms. The Morgan fingerprint density at radius 1 is 1.05 bits per heavy atom. The number of rotatable bonds is 8. The molecule has 0 aliphatic heterocycles. The number of hydrogen-bond donors (Lipinski definition) is 1. The smallest absolute Gasteiger partial charge is 0.117 e. The number of hydrogen-bond acceptors (Lipinski definition) is 3.